The second-order valence-corrected chi connectivity index (χ2v) is 6.10. The molecule has 0 radical (unpaired) electrons. The molecule has 7 heteroatoms. The van der Waals surface area contributed by atoms with E-state index in [-0.39, 0.29) is 11.3 Å². The fraction of sp³-hybridized carbons (Fsp3) is 0.0952. The van der Waals surface area contributed by atoms with Crippen molar-refractivity contribution in [3.63, 3.8) is 0 Å². The van der Waals surface area contributed by atoms with Crippen LogP contribution in [-0.4, -0.2) is 37.7 Å². The molecule has 0 amide bonds. The fourth-order valence-electron chi connectivity index (χ4n) is 1.84. The first-order valence-corrected chi connectivity index (χ1v) is 8.75. The lowest BCUT2D eigenvalue weighted by Gasteiger charge is -2.01. The van der Waals surface area contributed by atoms with Crippen LogP contribution in [-0.2, 0) is 9.53 Å². The normalized spacial score (nSPS) is 11.6. The van der Waals surface area contributed by atoms with Crippen LogP contribution in [0.25, 0.3) is 6.08 Å². The minimum Gasteiger partial charge on any atom is -0.507 e. The minimum atomic E-state index is -0.649. The van der Waals surface area contributed by atoms with Crippen LogP contribution in [0.1, 0.15) is 15.9 Å². The number of esters is 1. The Hall–Kier alpha value is -2.89. The van der Waals surface area contributed by atoms with Crippen molar-refractivity contribution >= 4 is 47.7 Å². The van der Waals surface area contributed by atoms with E-state index in [4.69, 9.17) is 23.2 Å². The SMILES string of the molecule is CN=CC(C(=O)OC)=C(O)C=Cc1ccc(Cl)cc1.O=Cc1ccc(Cl)cc1. The number of aliphatic hydroxyl groups excluding tert-OH is 1. The molecule has 0 bridgehead atoms. The van der Waals surface area contributed by atoms with Gasteiger partial charge in [-0.25, -0.2) is 4.79 Å². The number of carbonyl (C=O) groups excluding carboxylic acids is 2. The molecule has 0 spiro atoms. The van der Waals surface area contributed by atoms with Crippen molar-refractivity contribution in [2.24, 2.45) is 4.99 Å². The lowest BCUT2D eigenvalue weighted by atomic mass is 10.1. The molecule has 0 heterocycles. The highest BCUT2D eigenvalue weighted by atomic mass is 35.5. The van der Waals surface area contributed by atoms with Gasteiger partial charge < -0.3 is 9.84 Å². The lowest BCUT2D eigenvalue weighted by molar-refractivity contribution is -0.135. The molecule has 0 fully saturated rings. The standard InChI is InChI=1S/C14H14ClNO3.C7H5ClO/c1-16-9-12(14(18)19-2)13(17)8-5-10-3-6-11(15)7-4-10;8-7-3-1-6(5-9)2-4-7/h3-9,17H,1-2H3;1-5H. The summed E-state index contributed by atoms with van der Waals surface area (Å²) in [5.41, 5.74) is 1.49. The van der Waals surface area contributed by atoms with E-state index in [0.717, 1.165) is 11.8 Å². The van der Waals surface area contributed by atoms with E-state index < -0.39 is 5.97 Å². The first kappa shape index (κ1) is 23.1. The molecule has 5 nitrogen and oxygen atoms in total. The summed E-state index contributed by atoms with van der Waals surface area (Å²) in [6.45, 7) is 0. The number of carbonyl (C=O) groups is 2. The number of nitrogens with zero attached hydrogens (tertiary/aromatic N) is 1. The molecular weight excluding hydrogens is 401 g/mol. The van der Waals surface area contributed by atoms with Gasteiger partial charge in [-0.1, -0.05) is 53.5 Å². The average Bonchev–Trinajstić information content (AvgIpc) is 2.72. The van der Waals surface area contributed by atoms with Crippen LogP contribution in [0.4, 0.5) is 0 Å². The maximum atomic E-state index is 11.4. The van der Waals surface area contributed by atoms with Gasteiger partial charge in [-0.2, -0.15) is 0 Å². The topological polar surface area (TPSA) is 76.0 Å². The molecule has 2 rings (SSSR count). The molecule has 0 saturated carbocycles. The van der Waals surface area contributed by atoms with Gasteiger partial charge in [0.2, 0.25) is 0 Å². The Balaban J connectivity index is 0.000000362. The number of halogens is 2. The van der Waals surface area contributed by atoms with Gasteiger partial charge in [0.15, 0.2) is 0 Å². The number of aliphatic hydroxyl groups is 1. The first-order chi connectivity index (χ1) is 13.4. The maximum absolute atomic E-state index is 11.4. The van der Waals surface area contributed by atoms with E-state index in [2.05, 4.69) is 9.73 Å². The van der Waals surface area contributed by atoms with Crippen LogP contribution in [0, 0.1) is 0 Å². The Morgan fingerprint density at radius 1 is 1.00 bits per heavy atom. The lowest BCUT2D eigenvalue weighted by Crippen LogP contribution is -2.08. The van der Waals surface area contributed by atoms with E-state index >= 15 is 0 Å². The number of allylic oxidation sites excluding steroid dienone is 1. The molecule has 0 saturated heterocycles. The second kappa shape index (κ2) is 12.5. The molecule has 1 N–H and O–H groups in total. The summed E-state index contributed by atoms with van der Waals surface area (Å²) >= 11 is 11.3. The number of ether oxygens (including phenoxy) is 1. The average molecular weight is 420 g/mol. The molecule has 0 aliphatic heterocycles. The van der Waals surface area contributed by atoms with Crippen LogP contribution < -0.4 is 0 Å². The van der Waals surface area contributed by atoms with Gasteiger partial charge in [0.1, 0.15) is 17.6 Å². The van der Waals surface area contributed by atoms with Crippen LogP contribution in [0.15, 0.2) is 70.9 Å². The molecular formula is C21H19Cl2NO4. The van der Waals surface area contributed by atoms with Crippen LogP contribution >= 0.6 is 23.2 Å². The Kier molecular flexibility index (Phi) is 10.3. The third kappa shape index (κ3) is 8.20. The summed E-state index contributed by atoms with van der Waals surface area (Å²) in [6.07, 6.45) is 5.08. The Bertz CT molecular complexity index is 870. The van der Waals surface area contributed by atoms with Crippen molar-refractivity contribution in [1.82, 2.24) is 0 Å². The third-order valence-electron chi connectivity index (χ3n) is 3.25. The largest absolute Gasteiger partial charge is 0.507 e. The highest BCUT2D eigenvalue weighted by Crippen LogP contribution is 2.12. The summed E-state index contributed by atoms with van der Waals surface area (Å²) in [6, 6.07) is 13.8. The number of aldehydes is 1. The van der Waals surface area contributed by atoms with Crippen molar-refractivity contribution in [3.8, 4) is 0 Å². The van der Waals surface area contributed by atoms with Gasteiger partial charge in [0.05, 0.1) is 7.11 Å². The highest BCUT2D eigenvalue weighted by molar-refractivity contribution is 6.30. The molecule has 28 heavy (non-hydrogen) atoms. The van der Waals surface area contributed by atoms with Gasteiger partial charge in [-0.15, -0.1) is 0 Å². The zero-order valence-corrected chi connectivity index (χ0v) is 16.8. The summed E-state index contributed by atoms with van der Waals surface area (Å²) in [5, 5.41) is 11.1. The highest BCUT2D eigenvalue weighted by Gasteiger charge is 2.11. The number of rotatable bonds is 5. The maximum Gasteiger partial charge on any atom is 0.343 e. The van der Waals surface area contributed by atoms with E-state index in [9.17, 15) is 14.7 Å². The molecule has 2 aromatic carbocycles. The van der Waals surface area contributed by atoms with Crippen molar-refractivity contribution in [2.75, 3.05) is 14.2 Å². The van der Waals surface area contributed by atoms with Gasteiger partial charge in [0.25, 0.3) is 0 Å². The summed E-state index contributed by atoms with van der Waals surface area (Å²) in [4.78, 5) is 25.2. The smallest absolute Gasteiger partial charge is 0.343 e. The van der Waals surface area contributed by atoms with Crippen LogP contribution in [0.5, 0.6) is 0 Å². The minimum absolute atomic E-state index is 0.00443. The molecule has 2 aromatic rings. The number of hydrogen-bond acceptors (Lipinski definition) is 5. The summed E-state index contributed by atoms with van der Waals surface area (Å²) in [5.74, 6) is -0.865. The summed E-state index contributed by atoms with van der Waals surface area (Å²) in [7, 11) is 2.74. The van der Waals surface area contributed by atoms with Crippen molar-refractivity contribution < 1.29 is 19.4 Å². The Labute approximate surface area is 173 Å². The van der Waals surface area contributed by atoms with Gasteiger partial charge in [-0.05, 0) is 35.9 Å². The van der Waals surface area contributed by atoms with Crippen LogP contribution in [0.2, 0.25) is 10.0 Å². The predicted octanol–water partition coefficient (Wildman–Crippen LogP) is 5.19. The number of hydrogen-bond donors (Lipinski definition) is 1. The van der Waals surface area contributed by atoms with E-state index in [1.165, 1.54) is 26.4 Å². The number of benzene rings is 2. The van der Waals surface area contributed by atoms with Crippen molar-refractivity contribution in [2.45, 2.75) is 0 Å². The molecule has 146 valence electrons. The van der Waals surface area contributed by atoms with Crippen molar-refractivity contribution in [1.29, 1.82) is 0 Å². The Morgan fingerprint density at radius 3 is 1.93 bits per heavy atom. The first-order valence-electron chi connectivity index (χ1n) is 7.99. The zero-order chi connectivity index (χ0) is 20.9. The second-order valence-electron chi connectivity index (χ2n) is 5.23. The van der Waals surface area contributed by atoms with Gasteiger partial charge >= 0.3 is 5.97 Å². The molecule has 0 atom stereocenters. The van der Waals surface area contributed by atoms with E-state index in [1.807, 2.05) is 0 Å². The monoisotopic (exact) mass is 419 g/mol. The fourth-order valence-corrected chi connectivity index (χ4v) is 2.09. The van der Waals surface area contributed by atoms with Crippen LogP contribution in [0.3, 0.4) is 0 Å². The van der Waals surface area contributed by atoms with E-state index in [1.54, 1.807) is 54.6 Å². The molecule has 0 aliphatic carbocycles. The molecule has 0 aromatic heterocycles. The van der Waals surface area contributed by atoms with Crippen molar-refractivity contribution in [3.05, 3.63) is 87.1 Å². The van der Waals surface area contributed by atoms with E-state index in [0.29, 0.717) is 15.6 Å². The molecule has 0 aliphatic rings. The quantitative estimate of drug-likeness (QED) is 0.180. The van der Waals surface area contributed by atoms with Gasteiger partial charge in [0, 0.05) is 28.9 Å². The van der Waals surface area contributed by atoms with Gasteiger partial charge in [-0.3, -0.25) is 9.79 Å². The molecule has 0 unspecified atom stereocenters. The third-order valence-corrected chi connectivity index (χ3v) is 3.75. The Morgan fingerprint density at radius 2 is 1.50 bits per heavy atom. The number of aliphatic imine (C=N–C) groups is 1. The number of methoxy groups -OCH3 is 1. The summed E-state index contributed by atoms with van der Waals surface area (Å²) < 4.78 is 4.55. The predicted molar refractivity (Wildman–Crippen MR) is 113 cm³/mol. The zero-order valence-electron chi connectivity index (χ0n) is 15.3.